The van der Waals surface area contributed by atoms with Crippen LogP contribution in [0, 0.1) is 10.1 Å². The summed E-state index contributed by atoms with van der Waals surface area (Å²) in [6, 6.07) is 12.3. The van der Waals surface area contributed by atoms with Gasteiger partial charge in [0.05, 0.1) is 11.0 Å². The second-order valence-electron chi connectivity index (χ2n) is 19.8. The third-order valence-electron chi connectivity index (χ3n) is 13.3. The molecule has 5 rings (SSSR count). The SMILES string of the molecule is CC(=O)N[C@@H](Cc1ccc([N+](=O)[O-])cc1)C(=O)N[C@H](CS)C(=O)N[C@@H](Cc1ccc(O)cc1)C(=O)N[C@H](Cc1c[nH]c2ccccc12)C(=O)N[C@@H](CCCCN)C(=O)N[C@H](C(=O)N[C@@H](CS)C(=O)N[C@H](Cc1ccc(O)cc1)C(N)=O)[C@@H](C)O. The normalized spacial score (nSPS) is 14.3. The highest BCUT2D eigenvalue weighted by molar-refractivity contribution is 7.80. The Morgan fingerprint density at radius 1 is 0.560 bits per heavy atom. The first-order chi connectivity index (χ1) is 40.0. The molecule has 0 aliphatic heterocycles. The lowest BCUT2D eigenvalue weighted by atomic mass is 10.0. The van der Waals surface area contributed by atoms with Crippen molar-refractivity contribution in [1.29, 1.82) is 0 Å². The number of aliphatic hydroxyl groups is 1. The summed E-state index contributed by atoms with van der Waals surface area (Å²) >= 11 is 8.50. The molecule has 1 aromatic heterocycles. The van der Waals surface area contributed by atoms with Gasteiger partial charge in [-0.05, 0) is 85.3 Å². The number of hydrogen-bond acceptors (Lipinski definition) is 17. The molecule has 16 N–H and O–H groups in total. The maximum atomic E-state index is 14.8. The van der Waals surface area contributed by atoms with Gasteiger partial charge in [-0.2, -0.15) is 25.3 Å². The second kappa shape index (κ2) is 32.2. The first kappa shape index (κ1) is 66.1. The number of carbonyl (C=O) groups excluding carboxylic acids is 9. The average Bonchev–Trinajstić information content (AvgIpc) is 3.85. The average molecular weight is 1200 g/mol. The largest absolute Gasteiger partial charge is 0.508 e. The summed E-state index contributed by atoms with van der Waals surface area (Å²) in [5.41, 5.74) is 13.8. The monoisotopic (exact) mass is 1200 g/mol. The molecular weight excluding hydrogens is 1130 g/mol. The lowest BCUT2D eigenvalue weighted by Crippen LogP contribution is -2.62. The fourth-order valence-corrected chi connectivity index (χ4v) is 9.29. The van der Waals surface area contributed by atoms with Crippen LogP contribution in [0.4, 0.5) is 5.69 Å². The molecule has 26 nitrogen and oxygen atoms in total. The highest BCUT2D eigenvalue weighted by Gasteiger charge is 2.36. The number of rotatable bonds is 32. The van der Waals surface area contributed by atoms with Gasteiger partial charge in [-0.3, -0.25) is 53.3 Å². The minimum Gasteiger partial charge on any atom is -0.508 e. The highest BCUT2D eigenvalue weighted by atomic mass is 32.1. The summed E-state index contributed by atoms with van der Waals surface area (Å²) in [5.74, 6) is -8.73. The van der Waals surface area contributed by atoms with Gasteiger partial charge in [-0.25, -0.2) is 0 Å². The molecule has 9 atom stereocenters. The number of aromatic amines is 1. The van der Waals surface area contributed by atoms with E-state index in [9.17, 15) is 68.6 Å². The molecule has 0 aliphatic carbocycles. The van der Waals surface area contributed by atoms with Crippen LogP contribution >= 0.6 is 25.3 Å². The number of H-pyrrole nitrogens is 1. The Balaban J connectivity index is 1.39. The van der Waals surface area contributed by atoms with Gasteiger partial charge < -0.3 is 74.3 Å². The molecule has 9 amide bonds. The number of phenols is 2. The number of nitrogens with zero attached hydrogens (tertiary/aromatic N) is 1. The maximum Gasteiger partial charge on any atom is 0.269 e. The highest BCUT2D eigenvalue weighted by Crippen LogP contribution is 2.21. The number of benzene rings is 4. The van der Waals surface area contributed by atoms with Gasteiger partial charge in [0, 0.05) is 73.3 Å². The van der Waals surface area contributed by atoms with E-state index in [2.05, 4.69) is 72.8 Å². The number of unbranched alkanes of at least 4 members (excludes halogenated alkanes) is 1. The third kappa shape index (κ3) is 20.0. The molecule has 0 bridgehead atoms. The Morgan fingerprint density at radius 2 is 0.976 bits per heavy atom. The fraction of sp³-hybridized carbons (Fsp3) is 0.375. The van der Waals surface area contributed by atoms with Gasteiger partial charge in [0.25, 0.3) is 5.69 Å². The van der Waals surface area contributed by atoms with Gasteiger partial charge in [-0.1, -0.05) is 54.6 Å². The van der Waals surface area contributed by atoms with Crippen molar-refractivity contribution in [2.75, 3.05) is 18.1 Å². The van der Waals surface area contributed by atoms with Crippen molar-refractivity contribution in [3.05, 3.63) is 136 Å². The Bertz CT molecular complexity index is 3110. The number of nitrogens with two attached hydrogens (primary N) is 2. The number of primary amides is 1. The van der Waals surface area contributed by atoms with Gasteiger partial charge in [0.1, 0.15) is 59.8 Å². The van der Waals surface area contributed by atoms with E-state index < -0.39 is 113 Å². The number of aliphatic hydroxyl groups excluding tert-OH is 1. The maximum absolute atomic E-state index is 14.8. The van der Waals surface area contributed by atoms with Crippen molar-refractivity contribution >= 4 is 95.0 Å². The molecule has 0 fully saturated rings. The van der Waals surface area contributed by atoms with Crippen LogP contribution in [0.25, 0.3) is 10.9 Å². The predicted molar refractivity (Wildman–Crippen MR) is 315 cm³/mol. The number of nitrogens with one attached hydrogen (secondary N) is 9. The number of phenolic OH excluding ortho intramolecular Hbond substituents is 2. The molecule has 0 unspecified atom stereocenters. The number of non-ortho nitro benzene ring substituents is 1. The molecule has 84 heavy (non-hydrogen) atoms. The quantitative estimate of drug-likeness (QED) is 0.0112. The van der Waals surface area contributed by atoms with E-state index in [1.807, 2.05) is 0 Å². The number of carbonyl (C=O) groups is 9. The Kier molecular flexibility index (Phi) is 25.3. The molecule has 450 valence electrons. The summed E-state index contributed by atoms with van der Waals surface area (Å²) < 4.78 is 0. The molecule has 0 radical (unpaired) electrons. The van der Waals surface area contributed by atoms with E-state index in [4.69, 9.17) is 11.5 Å². The van der Waals surface area contributed by atoms with Gasteiger partial charge in [0.15, 0.2) is 0 Å². The molecule has 0 saturated heterocycles. The minimum absolute atomic E-state index is 0.0303. The van der Waals surface area contributed by atoms with E-state index in [1.54, 1.807) is 30.5 Å². The zero-order chi connectivity index (χ0) is 61.6. The summed E-state index contributed by atoms with van der Waals surface area (Å²) in [6.45, 7) is 2.56. The fourth-order valence-electron chi connectivity index (χ4n) is 8.77. The van der Waals surface area contributed by atoms with Crippen LogP contribution in [0.5, 0.6) is 11.5 Å². The van der Waals surface area contributed by atoms with E-state index >= 15 is 0 Å². The van der Waals surface area contributed by atoms with Gasteiger partial charge >= 0.3 is 0 Å². The van der Waals surface area contributed by atoms with Crippen LogP contribution in [0.1, 0.15) is 55.4 Å². The van der Waals surface area contributed by atoms with Crippen LogP contribution in [0.3, 0.4) is 0 Å². The van der Waals surface area contributed by atoms with Crippen molar-refractivity contribution in [2.24, 2.45) is 11.5 Å². The third-order valence-corrected chi connectivity index (χ3v) is 14.1. The molecule has 4 aromatic carbocycles. The lowest BCUT2D eigenvalue weighted by Gasteiger charge is -2.28. The van der Waals surface area contributed by atoms with Crippen molar-refractivity contribution < 1.29 is 63.4 Å². The molecule has 0 spiro atoms. The van der Waals surface area contributed by atoms with E-state index in [1.165, 1.54) is 86.6 Å². The van der Waals surface area contributed by atoms with Crippen molar-refractivity contribution in [1.82, 2.24) is 47.5 Å². The number of hydrogen-bond donors (Lipinski definition) is 16. The van der Waals surface area contributed by atoms with E-state index in [0.29, 0.717) is 39.6 Å². The first-order valence-corrected chi connectivity index (χ1v) is 27.9. The number of aromatic nitrogens is 1. The minimum atomic E-state index is -1.74. The summed E-state index contributed by atoms with van der Waals surface area (Å²) in [5, 5.41) is 63.0. The molecule has 28 heteroatoms. The molecule has 0 aliphatic rings. The Labute approximate surface area is 493 Å². The number of aromatic hydroxyl groups is 2. The van der Waals surface area contributed by atoms with Crippen LogP contribution < -0.4 is 54.0 Å². The molecular formula is C56H70N12O14S2. The van der Waals surface area contributed by atoms with Crippen LogP contribution in [-0.2, 0) is 68.8 Å². The second-order valence-corrected chi connectivity index (χ2v) is 20.6. The standard InChI is InChI=1S/C56H70N12O14S2/c1-30(69)48(56(80)66-47(29-84)54(78)62-42(49(58)73)23-33-12-18-37(71)19-13-33)67-50(74)41(9-5-6-22-57)61-53(77)45(26-35-27-59-40-8-4-3-7-39(35)40)64-52(76)44(25-34-14-20-38(72)21-15-34)63-55(79)46(28-83)65-51(75)43(60-31(2)70)24-32-10-16-36(17-11-32)68(81)82/h3-4,7-8,10-21,27,30,41-48,59,69,71-72,83-84H,5-6,9,22-26,28-29,57H2,1-2H3,(H2,58,73)(H,60,70)(H,61,77)(H,62,78)(H,63,79)(H,64,76)(H,65,75)(H,66,80)(H,67,74)/t30-,41+,42-,43+,44+,45-,46-,47+,48+/m1/s1. The Hall–Kier alpha value is -8.73. The van der Waals surface area contributed by atoms with Crippen LogP contribution in [0.15, 0.2) is 103 Å². The first-order valence-electron chi connectivity index (χ1n) is 26.6. The number of fused-ring (bicyclic) bond motifs is 1. The number of nitro groups is 1. The van der Waals surface area contributed by atoms with Gasteiger partial charge in [-0.15, -0.1) is 0 Å². The van der Waals surface area contributed by atoms with E-state index in [0.717, 1.165) is 0 Å². The summed E-state index contributed by atoms with van der Waals surface area (Å²) in [4.78, 5) is 138. The van der Waals surface area contributed by atoms with Crippen molar-refractivity contribution in [3.63, 3.8) is 0 Å². The van der Waals surface area contributed by atoms with Gasteiger partial charge in [0.2, 0.25) is 53.2 Å². The summed E-state index contributed by atoms with van der Waals surface area (Å²) in [7, 11) is 0. The lowest BCUT2D eigenvalue weighted by molar-refractivity contribution is -0.384. The molecule has 5 aromatic rings. The smallest absolute Gasteiger partial charge is 0.269 e. The summed E-state index contributed by atoms with van der Waals surface area (Å²) in [6.07, 6.45) is -0.0434. The number of thiol groups is 2. The number of para-hydroxylation sites is 1. The molecule has 1 heterocycles. The topological polar surface area (TPSA) is 422 Å². The predicted octanol–water partition coefficient (Wildman–Crippen LogP) is -0.489. The Morgan fingerprint density at radius 3 is 1.45 bits per heavy atom. The number of amides is 9. The van der Waals surface area contributed by atoms with Crippen molar-refractivity contribution in [3.8, 4) is 11.5 Å². The molecule has 0 saturated carbocycles. The zero-order valence-corrected chi connectivity index (χ0v) is 47.7. The van der Waals surface area contributed by atoms with Crippen molar-refractivity contribution in [2.45, 2.75) is 113 Å². The van der Waals surface area contributed by atoms with E-state index in [-0.39, 0.29) is 73.8 Å². The zero-order valence-electron chi connectivity index (χ0n) is 45.9. The van der Waals surface area contributed by atoms with Crippen LogP contribution in [-0.4, -0.2) is 151 Å². The number of nitro benzene ring substituents is 1. The van der Waals surface area contributed by atoms with Crippen LogP contribution in [0.2, 0.25) is 0 Å².